The van der Waals surface area contributed by atoms with Crippen molar-refractivity contribution in [3.05, 3.63) is 0 Å². The molecule has 10 nitrogen and oxygen atoms in total. The lowest BCUT2D eigenvalue weighted by atomic mass is 10.2. The van der Waals surface area contributed by atoms with Crippen molar-refractivity contribution in [1.82, 2.24) is 4.90 Å². The average molecular weight is 299 g/mol. The van der Waals surface area contributed by atoms with E-state index in [1.807, 2.05) is 0 Å². The first-order chi connectivity index (χ1) is 8.93. The summed E-state index contributed by atoms with van der Waals surface area (Å²) in [6, 6.07) is 0. The van der Waals surface area contributed by atoms with E-state index >= 15 is 0 Å². The molecule has 0 heterocycles. The molecule has 0 saturated carbocycles. The van der Waals surface area contributed by atoms with E-state index < -0.39 is 42.8 Å². The molecule has 0 rings (SSSR count). The third-order valence-corrected chi connectivity index (χ3v) is 2.10. The topological polar surface area (TPSA) is 179 Å². The van der Waals surface area contributed by atoms with Gasteiger partial charge in [-0.1, -0.05) is 0 Å². The Balaban J connectivity index is 0. The van der Waals surface area contributed by atoms with Gasteiger partial charge in [0.05, 0.1) is 0 Å². The van der Waals surface area contributed by atoms with Gasteiger partial charge in [0.25, 0.3) is 0 Å². The van der Waals surface area contributed by atoms with E-state index in [2.05, 4.69) is 0 Å². The number of nitrogens with zero attached hydrogens (tertiary/aromatic N) is 1. The van der Waals surface area contributed by atoms with Crippen LogP contribution in [0.25, 0.3) is 0 Å². The van der Waals surface area contributed by atoms with Gasteiger partial charge in [-0.05, 0) is 20.8 Å². The number of aliphatic hydroxyl groups excluding tert-OH is 5. The maximum atomic E-state index is 9.77. The lowest BCUT2D eigenvalue weighted by Crippen LogP contribution is -2.45. The third-order valence-electron chi connectivity index (χ3n) is 2.10. The smallest absolute Gasteiger partial charge is 0.335 e. The van der Waals surface area contributed by atoms with Crippen molar-refractivity contribution in [2.45, 2.75) is 51.7 Å². The van der Waals surface area contributed by atoms with Gasteiger partial charge in [0.2, 0.25) is 0 Å². The van der Waals surface area contributed by atoms with Crippen LogP contribution in [0.2, 0.25) is 0 Å². The zero-order valence-electron chi connectivity index (χ0n) is 11.3. The van der Waals surface area contributed by atoms with Crippen LogP contribution < -0.4 is 0 Å². The molecule has 5 unspecified atom stereocenters. The molecule has 0 bridgehead atoms. The molecule has 0 aliphatic rings. The fourth-order valence-electron chi connectivity index (χ4n) is 1.21. The number of aliphatic hydroxyl groups is 5. The number of carbonyl (C=O) groups is 2. The summed E-state index contributed by atoms with van der Waals surface area (Å²) < 4.78 is 0. The Hall–Kier alpha value is -1.30. The minimum Gasteiger partial charge on any atom is -0.479 e. The quantitative estimate of drug-likeness (QED) is 0.253. The minimum atomic E-state index is -2.27. The van der Waals surface area contributed by atoms with Crippen molar-refractivity contribution in [2.24, 2.45) is 0 Å². The van der Waals surface area contributed by atoms with Crippen molar-refractivity contribution in [3.8, 4) is 0 Å². The fourth-order valence-corrected chi connectivity index (χ4v) is 1.21. The highest BCUT2D eigenvalue weighted by atomic mass is 16.4. The molecule has 5 atom stereocenters. The zero-order valence-corrected chi connectivity index (χ0v) is 11.3. The van der Waals surface area contributed by atoms with E-state index in [-0.39, 0.29) is 0 Å². The Morgan fingerprint density at radius 3 is 0.950 bits per heavy atom. The van der Waals surface area contributed by atoms with Gasteiger partial charge < -0.3 is 35.7 Å². The van der Waals surface area contributed by atoms with Gasteiger partial charge in [-0.15, -0.1) is 0 Å². The molecule has 7 N–H and O–H groups in total. The molecule has 0 aliphatic heterocycles. The summed E-state index contributed by atoms with van der Waals surface area (Å²) >= 11 is 0. The maximum Gasteiger partial charge on any atom is 0.335 e. The van der Waals surface area contributed by atoms with Crippen molar-refractivity contribution in [3.63, 3.8) is 0 Å². The molecular formula is C10H21NO9. The van der Waals surface area contributed by atoms with Crippen LogP contribution in [-0.2, 0) is 9.59 Å². The number of carboxylic acid groups (broad SMARTS) is 2. The average Bonchev–Trinajstić information content (AvgIpc) is 2.25. The summed E-state index contributed by atoms with van der Waals surface area (Å²) in [4.78, 5) is 20.7. The number of aliphatic carboxylic acids is 2. The Kier molecular flexibility index (Phi) is 10.1. The van der Waals surface area contributed by atoms with E-state index in [1.54, 1.807) is 0 Å². The van der Waals surface area contributed by atoms with Gasteiger partial charge >= 0.3 is 11.9 Å². The van der Waals surface area contributed by atoms with Crippen LogP contribution in [0.1, 0.15) is 20.8 Å². The van der Waals surface area contributed by atoms with Crippen LogP contribution in [0.4, 0.5) is 0 Å². The summed E-state index contributed by atoms with van der Waals surface area (Å²) in [6.07, 6.45) is -7.03. The first kappa shape index (κ1) is 21.0. The highest BCUT2D eigenvalue weighted by Crippen LogP contribution is 2.04. The molecule has 0 saturated heterocycles. The van der Waals surface area contributed by atoms with E-state index in [9.17, 15) is 9.59 Å². The summed E-state index contributed by atoms with van der Waals surface area (Å²) in [5.41, 5.74) is 0. The zero-order chi connectivity index (χ0) is 16.6. The summed E-state index contributed by atoms with van der Waals surface area (Å²) in [5, 5.41) is 59.4. The predicted octanol–water partition coefficient (Wildman–Crippen LogP) is -2.82. The first-order valence-corrected chi connectivity index (χ1v) is 5.56. The lowest BCUT2D eigenvalue weighted by molar-refractivity contribution is -0.165. The molecule has 0 aromatic rings. The van der Waals surface area contributed by atoms with Gasteiger partial charge in [0.15, 0.2) is 12.2 Å². The molecule has 120 valence electrons. The summed E-state index contributed by atoms with van der Waals surface area (Å²) in [5.74, 6) is -3.54. The van der Waals surface area contributed by atoms with Crippen molar-refractivity contribution >= 4 is 11.9 Å². The van der Waals surface area contributed by atoms with Crippen LogP contribution in [0, 0.1) is 0 Å². The van der Waals surface area contributed by atoms with Gasteiger partial charge in [-0.25, -0.2) is 14.5 Å². The largest absolute Gasteiger partial charge is 0.479 e. The van der Waals surface area contributed by atoms with Crippen molar-refractivity contribution < 1.29 is 45.3 Å². The van der Waals surface area contributed by atoms with Crippen LogP contribution >= 0.6 is 0 Å². The maximum absolute atomic E-state index is 9.77. The SMILES string of the molecule is CC(O)N(C(C)O)C(C)O.O=C(O)C(O)C(O)C(=O)O. The van der Waals surface area contributed by atoms with Crippen LogP contribution in [0.5, 0.6) is 0 Å². The molecule has 20 heavy (non-hydrogen) atoms. The Bertz CT molecular complexity index is 268. The second kappa shape index (κ2) is 9.58. The minimum absolute atomic E-state index is 0.833. The third kappa shape index (κ3) is 7.99. The molecular weight excluding hydrogens is 278 g/mol. The molecule has 0 spiro atoms. The number of carboxylic acids is 2. The van der Waals surface area contributed by atoms with Crippen LogP contribution in [-0.4, -0.2) is 83.5 Å². The van der Waals surface area contributed by atoms with E-state index in [4.69, 9.17) is 35.7 Å². The van der Waals surface area contributed by atoms with Crippen molar-refractivity contribution in [1.29, 1.82) is 0 Å². The standard InChI is InChI=1S/C6H15NO3.C4H6O6/c1-4(8)7(5(2)9)6(3)10;5-1(3(7)8)2(6)4(9)10/h4-6,8-10H,1-3H3;1-2,5-6H,(H,7,8)(H,9,10). The van der Waals surface area contributed by atoms with Crippen molar-refractivity contribution in [2.75, 3.05) is 0 Å². The second-order valence-electron chi connectivity index (χ2n) is 3.91. The molecule has 0 amide bonds. The Morgan fingerprint density at radius 2 is 0.900 bits per heavy atom. The molecule has 0 aromatic heterocycles. The normalized spacial score (nSPS) is 18.2. The fraction of sp³-hybridized carbons (Fsp3) is 0.800. The number of hydrogen-bond donors (Lipinski definition) is 7. The Morgan fingerprint density at radius 1 is 0.700 bits per heavy atom. The molecule has 0 radical (unpaired) electrons. The van der Waals surface area contributed by atoms with Crippen LogP contribution in [0.3, 0.4) is 0 Å². The lowest BCUT2D eigenvalue weighted by Gasteiger charge is -2.30. The van der Waals surface area contributed by atoms with E-state index in [0.717, 1.165) is 0 Å². The van der Waals surface area contributed by atoms with Crippen LogP contribution in [0.15, 0.2) is 0 Å². The van der Waals surface area contributed by atoms with E-state index in [0.29, 0.717) is 0 Å². The van der Waals surface area contributed by atoms with Gasteiger partial charge in [0.1, 0.15) is 18.7 Å². The van der Waals surface area contributed by atoms with Gasteiger partial charge in [-0.2, -0.15) is 0 Å². The van der Waals surface area contributed by atoms with Gasteiger partial charge in [0, 0.05) is 0 Å². The highest BCUT2D eigenvalue weighted by Gasteiger charge is 2.29. The van der Waals surface area contributed by atoms with Gasteiger partial charge in [-0.3, -0.25) is 0 Å². The molecule has 0 fully saturated rings. The number of rotatable bonds is 6. The Labute approximate surface area is 115 Å². The predicted molar refractivity (Wildman–Crippen MR) is 64.2 cm³/mol. The number of hydrogen-bond acceptors (Lipinski definition) is 8. The first-order valence-electron chi connectivity index (χ1n) is 5.56. The monoisotopic (exact) mass is 299 g/mol. The molecule has 10 heteroatoms. The van der Waals surface area contributed by atoms with E-state index in [1.165, 1.54) is 25.7 Å². The second-order valence-corrected chi connectivity index (χ2v) is 3.91. The summed E-state index contributed by atoms with van der Waals surface area (Å²) in [7, 11) is 0. The highest BCUT2D eigenvalue weighted by molar-refractivity contribution is 5.83. The molecule has 0 aromatic carbocycles. The molecule has 0 aliphatic carbocycles. The summed E-state index contributed by atoms with van der Waals surface area (Å²) in [6.45, 7) is 4.46.